The summed E-state index contributed by atoms with van der Waals surface area (Å²) in [6.07, 6.45) is 3.27. The van der Waals surface area contributed by atoms with Gasteiger partial charge in [-0.1, -0.05) is 18.2 Å². The minimum absolute atomic E-state index is 0.263. The molecule has 2 aliphatic heterocycles. The average Bonchev–Trinajstić information content (AvgIpc) is 2.98. The fourth-order valence-electron chi connectivity index (χ4n) is 2.64. The Morgan fingerprint density at radius 1 is 1.04 bits per heavy atom. The summed E-state index contributed by atoms with van der Waals surface area (Å²) in [4.78, 5) is 12.0. The second-order valence-electron chi connectivity index (χ2n) is 5.33. The first-order valence-corrected chi connectivity index (χ1v) is 7.73. The van der Waals surface area contributed by atoms with Crippen LogP contribution in [0.1, 0.15) is 12.8 Å². The summed E-state index contributed by atoms with van der Waals surface area (Å²) >= 11 is 0. The Kier molecular flexibility index (Phi) is 6.98. The highest BCUT2D eigenvalue weighted by Gasteiger charge is 2.53. The Morgan fingerprint density at radius 3 is 2.39 bits per heavy atom. The molecule has 128 valence electrons. The minimum atomic E-state index is -0.599. The zero-order valence-electron chi connectivity index (χ0n) is 13.2. The first kappa shape index (κ1) is 17.9. The zero-order valence-corrected chi connectivity index (χ0v) is 13.2. The molecule has 2 saturated heterocycles. The first-order valence-electron chi connectivity index (χ1n) is 7.73. The Labute approximate surface area is 136 Å². The van der Waals surface area contributed by atoms with Crippen molar-refractivity contribution in [3.05, 3.63) is 38.0 Å². The molecule has 6 nitrogen and oxygen atoms in total. The molecule has 0 amide bonds. The summed E-state index contributed by atoms with van der Waals surface area (Å²) in [5, 5.41) is 0. The molecule has 2 fully saturated rings. The Morgan fingerprint density at radius 2 is 1.74 bits per heavy atom. The Hall–Kier alpha value is -1.47. The maximum atomic E-state index is 12.0. The highest BCUT2D eigenvalue weighted by molar-refractivity contribution is 5.69. The smallest absolute Gasteiger partial charge is 0.306 e. The van der Waals surface area contributed by atoms with Gasteiger partial charge in [-0.25, -0.2) is 0 Å². The van der Waals surface area contributed by atoms with Gasteiger partial charge in [0.2, 0.25) is 0 Å². The largest absolute Gasteiger partial charge is 0.456 e. The fraction of sp³-hybridized carbons (Fsp3) is 0.588. The highest BCUT2D eigenvalue weighted by Crippen LogP contribution is 2.33. The van der Waals surface area contributed by atoms with Crippen molar-refractivity contribution < 1.29 is 28.5 Å². The van der Waals surface area contributed by atoms with Gasteiger partial charge in [0.05, 0.1) is 19.8 Å². The van der Waals surface area contributed by atoms with Crippen molar-refractivity contribution in [2.75, 3.05) is 19.8 Å². The summed E-state index contributed by atoms with van der Waals surface area (Å²) < 4.78 is 28.5. The molecule has 0 aliphatic carbocycles. The summed E-state index contributed by atoms with van der Waals surface area (Å²) in [5.74, 6) is -0.324. The number of allylic oxidation sites excluding steroid dienone is 1. The molecule has 2 heterocycles. The van der Waals surface area contributed by atoms with Gasteiger partial charge in [-0.15, -0.1) is 19.7 Å². The molecule has 0 aromatic heterocycles. The van der Waals surface area contributed by atoms with E-state index in [1.54, 1.807) is 18.2 Å². The number of carbonyl (C=O) groups excluding carboxylic acids is 1. The lowest BCUT2D eigenvalue weighted by Gasteiger charge is -2.39. The van der Waals surface area contributed by atoms with Crippen LogP contribution in [0, 0.1) is 0 Å². The molecule has 5 atom stereocenters. The van der Waals surface area contributed by atoms with Crippen molar-refractivity contribution in [2.24, 2.45) is 0 Å². The number of ether oxygens (including phenoxy) is 5. The molecule has 0 aromatic rings. The van der Waals surface area contributed by atoms with Gasteiger partial charge in [-0.3, -0.25) is 4.79 Å². The van der Waals surface area contributed by atoms with Crippen molar-refractivity contribution in [1.29, 1.82) is 0 Å². The van der Waals surface area contributed by atoms with Crippen LogP contribution in [0.25, 0.3) is 0 Å². The van der Waals surface area contributed by atoms with Crippen LogP contribution >= 0.6 is 0 Å². The predicted molar refractivity (Wildman–Crippen MR) is 83.8 cm³/mol. The second-order valence-corrected chi connectivity index (χ2v) is 5.33. The van der Waals surface area contributed by atoms with E-state index in [2.05, 4.69) is 19.7 Å². The van der Waals surface area contributed by atoms with Crippen molar-refractivity contribution in [3.63, 3.8) is 0 Å². The zero-order chi connectivity index (χ0) is 16.7. The van der Waals surface area contributed by atoms with Gasteiger partial charge in [0.1, 0.15) is 18.3 Å². The summed E-state index contributed by atoms with van der Waals surface area (Å²) in [6, 6.07) is 0. The predicted octanol–water partition coefficient (Wildman–Crippen LogP) is 1.76. The van der Waals surface area contributed by atoms with Crippen LogP contribution in [-0.2, 0) is 28.5 Å². The first-order chi connectivity index (χ1) is 11.2. The molecule has 6 heteroatoms. The van der Waals surface area contributed by atoms with E-state index in [9.17, 15) is 4.79 Å². The fourth-order valence-corrected chi connectivity index (χ4v) is 2.64. The average molecular weight is 324 g/mol. The maximum Gasteiger partial charge on any atom is 0.306 e. The number of carbonyl (C=O) groups is 1. The molecule has 0 aromatic carbocycles. The molecular formula is C17H24O6. The second kappa shape index (κ2) is 8.98. The van der Waals surface area contributed by atoms with Crippen LogP contribution in [0.5, 0.6) is 0 Å². The summed E-state index contributed by atoms with van der Waals surface area (Å²) in [6.45, 7) is 11.9. The van der Waals surface area contributed by atoms with Crippen molar-refractivity contribution in [1.82, 2.24) is 0 Å². The third-order valence-electron chi connectivity index (χ3n) is 3.65. The number of rotatable bonds is 10. The molecule has 2 rings (SSSR count). The van der Waals surface area contributed by atoms with Crippen molar-refractivity contribution >= 4 is 5.97 Å². The van der Waals surface area contributed by atoms with Crippen LogP contribution in [0.15, 0.2) is 38.0 Å². The van der Waals surface area contributed by atoms with Crippen molar-refractivity contribution in [2.45, 2.75) is 43.5 Å². The molecular weight excluding hydrogens is 300 g/mol. The molecule has 23 heavy (non-hydrogen) atoms. The normalized spacial score (nSPS) is 32.3. The van der Waals surface area contributed by atoms with Crippen LogP contribution in [0.4, 0.5) is 0 Å². The van der Waals surface area contributed by atoms with Crippen LogP contribution in [0.2, 0.25) is 0 Å². The van der Waals surface area contributed by atoms with Crippen LogP contribution < -0.4 is 0 Å². The molecule has 5 unspecified atom stereocenters. The molecule has 2 aliphatic rings. The van der Waals surface area contributed by atoms with E-state index in [0.717, 1.165) is 0 Å². The minimum Gasteiger partial charge on any atom is -0.456 e. The van der Waals surface area contributed by atoms with Crippen LogP contribution in [-0.4, -0.2) is 56.5 Å². The summed E-state index contributed by atoms with van der Waals surface area (Å²) in [7, 11) is 0. The lowest BCUT2D eigenvalue weighted by molar-refractivity contribution is -0.254. The monoisotopic (exact) mass is 324 g/mol. The van der Waals surface area contributed by atoms with E-state index in [1.165, 1.54) is 0 Å². The van der Waals surface area contributed by atoms with E-state index < -0.39 is 24.6 Å². The maximum absolute atomic E-state index is 12.0. The van der Waals surface area contributed by atoms with Gasteiger partial charge in [0.15, 0.2) is 12.4 Å². The van der Waals surface area contributed by atoms with Crippen molar-refractivity contribution in [3.8, 4) is 0 Å². The molecule has 0 radical (unpaired) electrons. The lowest BCUT2D eigenvalue weighted by atomic mass is 10.00. The molecule has 0 N–H and O–H groups in total. The van der Waals surface area contributed by atoms with Gasteiger partial charge >= 0.3 is 5.97 Å². The standard InChI is InChI=1S/C17H24O6/c1-4-7-8-13(18)23-15-14(19-9-5-2)12-11-21-17(22-12)16(15)20-10-6-3/h4-6,12,14-17H,1-3,7-11H2. The van der Waals surface area contributed by atoms with Crippen LogP contribution in [0.3, 0.4) is 0 Å². The molecule has 0 spiro atoms. The van der Waals surface area contributed by atoms with E-state index >= 15 is 0 Å². The Bertz CT molecular complexity index is 409. The lowest BCUT2D eigenvalue weighted by Crippen LogP contribution is -2.57. The number of esters is 1. The van der Waals surface area contributed by atoms with Gasteiger partial charge < -0.3 is 23.7 Å². The quantitative estimate of drug-likeness (QED) is 0.451. The van der Waals surface area contributed by atoms with Gasteiger partial charge in [-0.2, -0.15) is 0 Å². The topological polar surface area (TPSA) is 63.2 Å². The van der Waals surface area contributed by atoms with E-state index in [4.69, 9.17) is 23.7 Å². The molecule has 2 bridgehead atoms. The van der Waals surface area contributed by atoms with Gasteiger partial charge in [0, 0.05) is 6.42 Å². The summed E-state index contributed by atoms with van der Waals surface area (Å²) in [5.41, 5.74) is 0. The van der Waals surface area contributed by atoms with E-state index in [1.807, 2.05) is 0 Å². The van der Waals surface area contributed by atoms with Gasteiger partial charge in [-0.05, 0) is 6.42 Å². The number of hydrogen-bond donors (Lipinski definition) is 0. The SMILES string of the molecule is C=CCCC(=O)OC1C(OCC=C)C2COC(O2)C1OCC=C. The van der Waals surface area contributed by atoms with E-state index in [-0.39, 0.29) is 18.5 Å². The molecule has 0 saturated carbocycles. The van der Waals surface area contributed by atoms with Gasteiger partial charge in [0.25, 0.3) is 0 Å². The highest BCUT2D eigenvalue weighted by atomic mass is 16.8. The van der Waals surface area contributed by atoms with E-state index in [0.29, 0.717) is 26.2 Å². The number of fused-ring (bicyclic) bond motifs is 2. The third-order valence-corrected chi connectivity index (χ3v) is 3.65. The Balaban J connectivity index is 2.11. The number of hydrogen-bond acceptors (Lipinski definition) is 6. The third kappa shape index (κ3) is 4.51.